The third-order valence-corrected chi connectivity index (χ3v) is 3.47. The van der Waals surface area contributed by atoms with Crippen LogP contribution in [-0.2, 0) is 17.5 Å². The smallest absolute Gasteiger partial charge is 0.351 e. The predicted octanol–water partition coefficient (Wildman–Crippen LogP) is 4.81. The first-order valence-electron chi connectivity index (χ1n) is 7.24. The molecule has 0 saturated heterocycles. The summed E-state index contributed by atoms with van der Waals surface area (Å²) < 4.78 is 90.8. The molecule has 1 amide bonds. The van der Waals surface area contributed by atoms with Gasteiger partial charge >= 0.3 is 12.4 Å². The lowest BCUT2D eigenvalue weighted by Gasteiger charge is -2.20. The molecule has 2 nitrogen and oxygen atoms in total. The van der Waals surface area contributed by atoms with Crippen molar-refractivity contribution in [2.75, 3.05) is 0 Å². The van der Waals surface area contributed by atoms with Crippen molar-refractivity contribution in [1.29, 1.82) is 0 Å². The van der Waals surface area contributed by atoms with Gasteiger partial charge in [0, 0.05) is 6.54 Å². The summed E-state index contributed by atoms with van der Waals surface area (Å²) in [5, 5.41) is 1.92. The molecule has 0 aromatic heterocycles. The maximum Gasteiger partial charge on any atom is 0.416 e. The van der Waals surface area contributed by atoms with Gasteiger partial charge in [-0.1, -0.05) is 30.3 Å². The summed E-state index contributed by atoms with van der Waals surface area (Å²) in [6.07, 6.45) is -9.72. The van der Waals surface area contributed by atoms with Crippen molar-refractivity contribution in [2.24, 2.45) is 0 Å². The molecule has 0 heterocycles. The van der Waals surface area contributed by atoms with E-state index >= 15 is 0 Å². The highest BCUT2D eigenvalue weighted by Gasteiger charge is 2.45. The fourth-order valence-electron chi connectivity index (χ4n) is 2.34. The Hall–Kier alpha value is -2.58. The molecule has 0 aliphatic heterocycles. The zero-order valence-corrected chi connectivity index (χ0v) is 13.0. The second-order valence-corrected chi connectivity index (χ2v) is 5.45. The van der Waals surface area contributed by atoms with Gasteiger partial charge in [-0.2, -0.15) is 26.3 Å². The Morgan fingerprint density at radius 2 is 1.58 bits per heavy atom. The molecule has 0 aliphatic carbocycles. The van der Waals surface area contributed by atoms with Gasteiger partial charge in [0.15, 0.2) is 5.92 Å². The number of nitrogens with one attached hydrogen (secondary N) is 1. The molecule has 1 N–H and O–H groups in total. The Labute approximate surface area is 143 Å². The highest BCUT2D eigenvalue weighted by Crippen LogP contribution is 2.35. The first kappa shape index (κ1) is 19.7. The molecule has 26 heavy (non-hydrogen) atoms. The van der Waals surface area contributed by atoms with Gasteiger partial charge < -0.3 is 5.32 Å². The normalized spacial score (nSPS) is 13.3. The third kappa shape index (κ3) is 4.96. The number of amides is 1. The number of hydrogen-bond acceptors (Lipinski definition) is 1. The molecule has 0 bridgehead atoms. The molecular formula is C17H12F7NO. The van der Waals surface area contributed by atoms with E-state index in [1.165, 1.54) is 18.2 Å². The summed E-state index contributed by atoms with van der Waals surface area (Å²) in [7, 11) is 0. The number of alkyl halides is 6. The van der Waals surface area contributed by atoms with Gasteiger partial charge in [-0.25, -0.2) is 4.39 Å². The average molecular weight is 379 g/mol. The zero-order chi connectivity index (χ0) is 19.5. The minimum atomic E-state index is -4.90. The molecule has 0 fully saturated rings. The van der Waals surface area contributed by atoms with Gasteiger partial charge in [0.1, 0.15) is 5.82 Å². The third-order valence-electron chi connectivity index (χ3n) is 3.47. The van der Waals surface area contributed by atoms with Crippen LogP contribution in [0.15, 0.2) is 48.5 Å². The molecule has 0 saturated carbocycles. The maximum absolute atomic E-state index is 13.3. The molecular weight excluding hydrogens is 367 g/mol. The lowest BCUT2D eigenvalue weighted by atomic mass is 9.97. The fraction of sp³-hybridized carbons (Fsp3) is 0.235. The van der Waals surface area contributed by atoms with Crippen LogP contribution in [-0.4, -0.2) is 12.1 Å². The van der Waals surface area contributed by atoms with E-state index in [-0.39, 0.29) is 17.2 Å². The molecule has 9 heteroatoms. The number of hydrogen-bond donors (Lipinski definition) is 1. The first-order valence-corrected chi connectivity index (χ1v) is 7.24. The summed E-state index contributed by atoms with van der Waals surface area (Å²) in [5.74, 6) is -5.14. The lowest BCUT2D eigenvalue weighted by Crippen LogP contribution is -2.37. The summed E-state index contributed by atoms with van der Waals surface area (Å²) in [6, 6.07) is 7.87. The van der Waals surface area contributed by atoms with Gasteiger partial charge in [-0.3, -0.25) is 4.79 Å². The SMILES string of the molecule is O=C(NCc1cc(F)cc(C(F)(F)F)c1)[C@@H](c1ccccc1)C(F)(F)F. The van der Waals surface area contributed by atoms with E-state index in [9.17, 15) is 35.5 Å². The van der Waals surface area contributed by atoms with Crippen molar-refractivity contribution in [2.45, 2.75) is 24.8 Å². The molecule has 0 aliphatic rings. The molecule has 2 aromatic carbocycles. The Balaban J connectivity index is 2.20. The topological polar surface area (TPSA) is 29.1 Å². The number of carbonyl (C=O) groups is 1. The van der Waals surface area contributed by atoms with Crippen molar-refractivity contribution in [3.8, 4) is 0 Å². The summed E-state index contributed by atoms with van der Waals surface area (Å²) in [5.41, 5.74) is -1.91. The van der Waals surface area contributed by atoms with Crippen molar-refractivity contribution < 1.29 is 35.5 Å². The van der Waals surface area contributed by atoms with Crippen LogP contribution in [0, 0.1) is 5.82 Å². The zero-order valence-electron chi connectivity index (χ0n) is 13.0. The van der Waals surface area contributed by atoms with Crippen molar-refractivity contribution in [3.63, 3.8) is 0 Å². The van der Waals surface area contributed by atoms with Crippen molar-refractivity contribution >= 4 is 5.91 Å². The van der Waals surface area contributed by atoms with E-state index < -0.39 is 42.1 Å². The number of rotatable bonds is 4. The van der Waals surface area contributed by atoms with E-state index in [0.29, 0.717) is 12.1 Å². The Kier molecular flexibility index (Phi) is 5.58. The van der Waals surface area contributed by atoms with E-state index in [1.807, 2.05) is 5.32 Å². The lowest BCUT2D eigenvalue weighted by molar-refractivity contribution is -0.165. The standard InChI is InChI=1S/C17H12F7NO/c18-13-7-10(6-12(8-13)16(19,20)21)9-25-15(26)14(17(22,23)24)11-4-2-1-3-5-11/h1-8,14H,9H2,(H,25,26)/t14-/m1/s1. The molecule has 140 valence electrons. The monoisotopic (exact) mass is 379 g/mol. The minimum Gasteiger partial charge on any atom is -0.351 e. The largest absolute Gasteiger partial charge is 0.416 e. The van der Waals surface area contributed by atoms with E-state index in [2.05, 4.69) is 0 Å². The van der Waals surface area contributed by atoms with Crippen LogP contribution in [0.4, 0.5) is 30.7 Å². The second-order valence-electron chi connectivity index (χ2n) is 5.45. The van der Waals surface area contributed by atoms with Crippen LogP contribution in [0.5, 0.6) is 0 Å². The van der Waals surface area contributed by atoms with E-state index in [1.54, 1.807) is 0 Å². The molecule has 1 atom stereocenters. The van der Waals surface area contributed by atoms with Crippen LogP contribution in [0.2, 0.25) is 0 Å². The molecule has 2 rings (SSSR count). The summed E-state index contributed by atoms with van der Waals surface area (Å²) in [4.78, 5) is 12.0. The second kappa shape index (κ2) is 7.35. The van der Waals surface area contributed by atoms with E-state index in [4.69, 9.17) is 0 Å². The number of carbonyl (C=O) groups excluding carboxylic acids is 1. The Morgan fingerprint density at radius 3 is 2.12 bits per heavy atom. The molecule has 2 aromatic rings. The van der Waals surface area contributed by atoms with Gasteiger partial charge in [0.05, 0.1) is 5.56 Å². The van der Waals surface area contributed by atoms with Gasteiger partial charge in [-0.15, -0.1) is 0 Å². The quantitative estimate of drug-likeness (QED) is 0.760. The van der Waals surface area contributed by atoms with Crippen LogP contribution in [0.3, 0.4) is 0 Å². The van der Waals surface area contributed by atoms with Crippen molar-refractivity contribution in [1.82, 2.24) is 5.32 Å². The summed E-state index contributed by atoms with van der Waals surface area (Å²) >= 11 is 0. The van der Waals surface area contributed by atoms with Crippen molar-refractivity contribution in [3.05, 3.63) is 71.0 Å². The Bertz CT molecular complexity index is 769. The first-order chi connectivity index (χ1) is 12.0. The van der Waals surface area contributed by atoms with E-state index in [0.717, 1.165) is 12.1 Å². The maximum atomic E-state index is 13.3. The number of halogens is 7. The fourth-order valence-corrected chi connectivity index (χ4v) is 2.34. The molecule has 0 radical (unpaired) electrons. The highest BCUT2D eigenvalue weighted by atomic mass is 19.4. The van der Waals surface area contributed by atoms with Crippen LogP contribution < -0.4 is 5.32 Å². The highest BCUT2D eigenvalue weighted by molar-refractivity contribution is 5.84. The van der Waals surface area contributed by atoms with Gasteiger partial charge in [-0.05, 0) is 29.3 Å². The molecule has 0 unspecified atom stereocenters. The number of benzene rings is 2. The van der Waals surface area contributed by atoms with Crippen LogP contribution in [0.25, 0.3) is 0 Å². The van der Waals surface area contributed by atoms with Gasteiger partial charge in [0.2, 0.25) is 5.91 Å². The van der Waals surface area contributed by atoms with Crippen LogP contribution in [0.1, 0.15) is 22.6 Å². The minimum absolute atomic E-state index is 0.258. The summed E-state index contributed by atoms with van der Waals surface area (Å²) in [6.45, 7) is -0.681. The van der Waals surface area contributed by atoms with Crippen LogP contribution >= 0.6 is 0 Å². The Morgan fingerprint density at radius 1 is 0.962 bits per heavy atom. The average Bonchev–Trinajstić information content (AvgIpc) is 2.51. The predicted molar refractivity (Wildman–Crippen MR) is 78.5 cm³/mol. The van der Waals surface area contributed by atoms with Gasteiger partial charge in [0.25, 0.3) is 0 Å². The molecule has 0 spiro atoms.